The molecule has 1 saturated heterocycles. The van der Waals surface area contributed by atoms with E-state index in [1.807, 2.05) is 12.1 Å². The molecule has 1 aromatic carbocycles. The minimum Gasteiger partial charge on any atom is -0.354 e. The Morgan fingerprint density at radius 3 is 2.70 bits per heavy atom. The predicted octanol–water partition coefficient (Wildman–Crippen LogP) is 2.25. The van der Waals surface area contributed by atoms with Crippen molar-refractivity contribution in [2.24, 2.45) is 0 Å². The fraction of sp³-hybridized carbons (Fsp3) is 0.375. The molecule has 0 radical (unpaired) electrons. The van der Waals surface area contributed by atoms with Crippen LogP contribution in [0.5, 0.6) is 0 Å². The van der Waals surface area contributed by atoms with E-state index < -0.39 is 0 Å². The van der Waals surface area contributed by atoms with E-state index in [0.717, 1.165) is 49.7 Å². The number of rotatable bonds is 2. The molecule has 0 saturated carbocycles. The molecule has 1 N–H and O–H groups in total. The third-order valence-electron chi connectivity index (χ3n) is 3.74. The fourth-order valence-electron chi connectivity index (χ4n) is 2.57. The molecular formula is C16H20N4. The molecule has 0 atom stereocenters. The van der Waals surface area contributed by atoms with Gasteiger partial charge in [0.05, 0.1) is 5.69 Å². The summed E-state index contributed by atoms with van der Waals surface area (Å²) in [5.74, 6) is 0.978. The third-order valence-corrected chi connectivity index (χ3v) is 3.74. The van der Waals surface area contributed by atoms with E-state index >= 15 is 0 Å². The van der Waals surface area contributed by atoms with Crippen molar-refractivity contribution in [3.8, 4) is 11.3 Å². The van der Waals surface area contributed by atoms with Crippen LogP contribution in [0.2, 0.25) is 0 Å². The number of nitrogens with zero attached hydrogens (tertiary/aromatic N) is 3. The number of aromatic nitrogens is 2. The molecule has 1 aliphatic rings. The summed E-state index contributed by atoms with van der Waals surface area (Å²) in [4.78, 5) is 2.30. The van der Waals surface area contributed by atoms with Crippen LogP contribution in [0.15, 0.2) is 36.4 Å². The number of nitrogens with one attached hydrogen (secondary N) is 1. The van der Waals surface area contributed by atoms with Crippen LogP contribution < -0.4 is 10.2 Å². The van der Waals surface area contributed by atoms with Gasteiger partial charge < -0.3 is 10.2 Å². The second-order valence-corrected chi connectivity index (χ2v) is 5.18. The number of anilines is 1. The van der Waals surface area contributed by atoms with Gasteiger partial charge in [0, 0.05) is 25.2 Å². The number of benzene rings is 1. The summed E-state index contributed by atoms with van der Waals surface area (Å²) in [6, 6.07) is 12.4. The topological polar surface area (TPSA) is 41.0 Å². The van der Waals surface area contributed by atoms with Crippen molar-refractivity contribution < 1.29 is 0 Å². The third kappa shape index (κ3) is 2.80. The van der Waals surface area contributed by atoms with Gasteiger partial charge in [-0.05, 0) is 37.6 Å². The highest BCUT2D eigenvalue weighted by Gasteiger charge is 2.11. The number of aryl methyl sites for hydroxylation is 1. The van der Waals surface area contributed by atoms with Crippen molar-refractivity contribution in [2.75, 3.05) is 31.1 Å². The van der Waals surface area contributed by atoms with Crippen LogP contribution in [-0.4, -0.2) is 36.4 Å². The van der Waals surface area contributed by atoms with Gasteiger partial charge in [-0.25, -0.2) is 0 Å². The Balaban J connectivity index is 1.82. The van der Waals surface area contributed by atoms with E-state index in [1.165, 1.54) is 5.56 Å². The predicted molar refractivity (Wildman–Crippen MR) is 81.9 cm³/mol. The van der Waals surface area contributed by atoms with E-state index in [1.54, 1.807) is 0 Å². The van der Waals surface area contributed by atoms with Gasteiger partial charge in [0.15, 0.2) is 5.82 Å². The molecule has 20 heavy (non-hydrogen) atoms. The Morgan fingerprint density at radius 1 is 1.00 bits per heavy atom. The highest BCUT2D eigenvalue weighted by molar-refractivity contribution is 5.63. The molecule has 0 amide bonds. The zero-order chi connectivity index (χ0) is 13.8. The largest absolute Gasteiger partial charge is 0.354 e. The lowest BCUT2D eigenvalue weighted by atomic mass is 10.1. The highest BCUT2D eigenvalue weighted by atomic mass is 15.3. The second-order valence-electron chi connectivity index (χ2n) is 5.18. The Hall–Kier alpha value is -1.94. The Labute approximate surface area is 119 Å². The van der Waals surface area contributed by atoms with Crippen molar-refractivity contribution in [2.45, 2.75) is 13.3 Å². The maximum atomic E-state index is 4.41. The molecule has 1 aliphatic heterocycles. The van der Waals surface area contributed by atoms with E-state index in [2.05, 4.69) is 51.6 Å². The molecule has 0 spiro atoms. The van der Waals surface area contributed by atoms with Gasteiger partial charge in [0.2, 0.25) is 0 Å². The molecule has 0 unspecified atom stereocenters. The fourth-order valence-corrected chi connectivity index (χ4v) is 2.57. The van der Waals surface area contributed by atoms with Crippen molar-refractivity contribution in [1.29, 1.82) is 0 Å². The van der Waals surface area contributed by atoms with Gasteiger partial charge >= 0.3 is 0 Å². The summed E-state index contributed by atoms with van der Waals surface area (Å²) < 4.78 is 0. The quantitative estimate of drug-likeness (QED) is 0.907. The minimum atomic E-state index is 0.944. The van der Waals surface area contributed by atoms with Crippen molar-refractivity contribution >= 4 is 5.82 Å². The second kappa shape index (κ2) is 6.01. The van der Waals surface area contributed by atoms with Crippen molar-refractivity contribution in [3.05, 3.63) is 42.0 Å². The zero-order valence-electron chi connectivity index (χ0n) is 11.8. The first-order chi connectivity index (χ1) is 9.84. The Morgan fingerprint density at radius 2 is 1.90 bits per heavy atom. The first kappa shape index (κ1) is 13.1. The van der Waals surface area contributed by atoms with Gasteiger partial charge in [-0.2, -0.15) is 0 Å². The summed E-state index contributed by atoms with van der Waals surface area (Å²) >= 11 is 0. The van der Waals surface area contributed by atoms with Crippen LogP contribution in [0.3, 0.4) is 0 Å². The molecule has 3 rings (SSSR count). The lowest BCUT2D eigenvalue weighted by Crippen LogP contribution is -2.28. The van der Waals surface area contributed by atoms with Crippen molar-refractivity contribution in [3.63, 3.8) is 0 Å². The normalized spacial score (nSPS) is 15.9. The summed E-state index contributed by atoms with van der Waals surface area (Å²) in [5.41, 5.74) is 3.33. The van der Waals surface area contributed by atoms with Crippen LogP contribution >= 0.6 is 0 Å². The SMILES string of the molecule is Cc1ccccc1-c1ccc(N2CCCNCC2)nn1. The number of hydrogen-bond acceptors (Lipinski definition) is 4. The molecule has 2 aromatic rings. The van der Waals surface area contributed by atoms with E-state index in [0.29, 0.717) is 0 Å². The smallest absolute Gasteiger partial charge is 0.151 e. The summed E-state index contributed by atoms with van der Waals surface area (Å²) in [6.45, 7) is 6.25. The summed E-state index contributed by atoms with van der Waals surface area (Å²) in [6.07, 6.45) is 1.15. The maximum absolute atomic E-state index is 4.41. The zero-order valence-corrected chi connectivity index (χ0v) is 11.8. The van der Waals surface area contributed by atoms with Crippen LogP contribution in [-0.2, 0) is 0 Å². The van der Waals surface area contributed by atoms with Gasteiger partial charge in [0.1, 0.15) is 0 Å². The molecule has 0 aliphatic carbocycles. The Bertz CT molecular complexity index is 557. The van der Waals surface area contributed by atoms with Gasteiger partial charge in [-0.15, -0.1) is 10.2 Å². The molecule has 0 bridgehead atoms. The van der Waals surface area contributed by atoms with Crippen molar-refractivity contribution in [1.82, 2.24) is 15.5 Å². The monoisotopic (exact) mass is 268 g/mol. The van der Waals surface area contributed by atoms with Gasteiger partial charge in [0.25, 0.3) is 0 Å². The van der Waals surface area contributed by atoms with Crippen LogP contribution in [0.25, 0.3) is 11.3 Å². The van der Waals surface area contributed by atoms with E-state index in [-0.39, 0.29) is 0 Å². The van der Waals surface area contributed by atoms with E-state index in [9.17, 15) is 0 Å². The molecule has 4 nitrogen and oxygen atoms in total. The maximum Gasteiger partial charge on any atom is 0.151 e. The van der Waals surface area contributed by atoms with E-state index in [4.69, 9.17) is 0 Å². The molecule has 1 aromatic heterocycles. The molecule has 104 valence electrons. The average molecular weight is 268 g/mol. The minimum absolute atomic E-state index is 0.944. The first-order valence-corrected chi connectivity index (χ1v) is 7.20. The van der Waals surface area contributed by atoms with Gasteiger partial charge in [-0.1, -0.05) is 24.3 Å². The first-order valence-electron chi connectivity index (χ1n) is 7.20. The summed E-state index contributed by atoms with van der Waals surface area (Å²) in [7, 11) is 0. The molecule has 2 heterocycles. The summed E-state index contributed by atoms with van der Waals surface area (Å²) in [5, 5.41) is 12.2. The number of hydrogen-bond donors (Lipinski definition) is 1. The average Bonchev–Trinajstić information content (AvgIpc) is 2.77. The van der Waals surface area contributed by atoms with Crippen LogP contribution in [0.1, 0.15) is 12.0 Å². The molecule has 4 heteroatoms. The van der Waals surface area contributed by atoms with Crippen LogP contribution in [0, 0.1) is 6.92 Å². The standard InChI is InChI=1S/C16H20N4/c1-13-5-2-3-6-14(13)15-7-8-16(19-18-15)20-11-4-9-17-10-12-20/h2-3,5-8,17H,4,9-12H2,1H3. The highest BCUT2D eigenvalue weighted by Crippen LogP contribution is 2.21. The van der Waals surface area contributed by atoms with Crippen LogP contribution in [0.4, 0.5) is 5.82 Å². The molecule has 1 fully saturated rings. The van der Waals surface area contributed by atoms with Gasteiger partial charge in [-0.3, -0.25) is 0 Å². The Kier molecular flexibility index (Phi) is 3.92. The molecular weight excluding hydrogens is 248 g/mol. The lowest BCUT2D eigenvalue weighted by Gasteiger charge is -2.20. The lowest BCUT2D eigenvalue weighted by molar-refractivity contribution is 0.724.